The first kappa shape index (κ1) is 23.0. The third kappa shape index (κ3) is 4.62. The van der Waals surface area contributed by atoms with Crippen LogP contribution in [-0.4, -0.2) is 25.5 Å². The van der Waals surface area contributed by atoms with E-state index in [-0.39, 0.29) is 23.1 Å². The highest BCUT2D eigenvalue weighted by atomic mass is 19.4. The summed E-state index contributed by atoms with van der Waals surface area (Å²) in [6, 6.07) is 11.7. The Labute approximate surface area is 200 Å². The van der Waals surface area contributed by atoms with E-state index in [1.165, 1.54) is 22.7 Å². The Morgan fingerprint density at radius 2 is 1.91 bits per heavy atom. The van der Waals surface area contributed by atoms with Gasteiger partial charge in [-0.3, -0.25) is 9.78 Å². The number of rotatable bonds is 5. The number of fused-ring (bicyclic) bond motifs is 1. The Balaban J connectivity index is 1.49. The Kier molecular flexibility index (Phi) is 6.00. The van der Waals surface area contributed by atoms with Crippen molar-refractivity contribution in [2.45, 2.75) is 45.2 Å². The van der Waals surface area contributed by atoms with Crippen molar-refractivity contribution in [2.75, 3.05) is 5.32 Å². The van der Waals surface area contributed by atoms with Crippen molar-refractivity contribution in [1.82, 2.24) is 19.6 Å². The van der Waals surface area contributed by atoms with Crippen LogP contribution >= 0.6 is 0 Å². The third-order valence-electron chi connectivity index (χ3n) is 6.44. The molecule has 0 saturated heterocycles. The smallest absolute Gasteiger partial charge is 0.326 e. The van der Waals surface area contributed by atoms with E-state index in [2.05, 4.69) is 20.4 Å². The summed E-state index contributed by atoms with van der Waals surface area (Å²) in [4.78, 5) is 20.8. The van der Waals surface area contributed by atoms with E-state index in [9.17, 15) is 18.0 Å². The van der Waals surface area contributed by atoms with E-state index in [0.717, 1.165) is 55.1 Å². The number of nitrogens with one attached hydrogen (secondary N) is 1. The van der Waals surface area contributed by atoms with Crippen LogP contribution in [0, 0.1) is 5.92 Å². The quantitative estimate of drug-likeness (QED) is 0.372. The summed E-state index contributed by atoms with van der Waals surface area (Å²) in [7, 11) is 0. The number of aromatic nitrogens is 4. The van der Waals surface area contributed by atoms with Crippen LogP contribution in [0.1, 0.15) is 43.9 Å². The van der Waals surface area contributed by atoms with E-state index >= 15 is 0 Å². The molecular formula is C26H24F3N5O. The summed E-state index contributed by atoms with van der Waals surface area (Å²) in [6.07, 6.45) is 2.96. The number of hydrogen-bond acceptors (Lipinski definition) is 4. The van der Waals surface area contributed by atoms with Gasteiger partial charge in [0.15, 0.2) is 11.3 Å². The Morgan fingerprint density at radius 1 is 1.11 bits per heavy atom. The van der Waals surface area contributed by atoms with Gasteiger partial charge in [-0.05, 0) is 55.2 Å². The lowest BCUT2D eigenvalue weighted by Crippen LogP contribution is -2.21. The number of hydrogen-bond donors (Lipinski definition) is 1. The zero-order chi connectivity index (χ0) is 24.6. The lowest BCUT2D eigenvalue weighted by molar-refractivity contribution is -0.140. The largest absolute Gasteiger partial charge is 0.434 e. The number of nitrogens with zero attached hydrogens (tertiary/aromatic N) is 4. The van der Waals surface area contributed by atoms with Crippen LogP contribution < -0.4 is 5.32 Å². The number of alkyl halides is 3. The molecule has 0 bridgehead atoms. The SMILES string of the molecule is CCc1ccc(-c2cn3nc(-c4cccnc4C(F)(F)F)ccc3n2)cc1NC(=O)C1CCCC1. The number of halogens is 3. The van der Waals surface area contributed by atoms with Crippen LogP contribution in [0.3, 0.4) is 0 Å². The van der Waals surface area contributed by atoms with Gasteiger partial charge in [0.2, 0.25) is 5.91 Å². The molecular weight excluding hydrogens is 455 g/mol. The molecule has 1 aliphatic rings. The van der Waals surface area contributed by atoms with E-state index in [0.29, 0.717) is 11.3 Å². The fraction of sp³-hybridized carbons (Fsp3) is 0.308. The number of imidazole rings is 1. The number of aryl methyl sites for hydroxylation is 1. The second kappa shape index (κ2) is 9.13. The molecule has 0 atom stereocenters. The minimum absolute atomic E-state index is 0.0487. The fourth-order valence-corrected chi connectivity index (χ4v) is 4.59. The van der Waals surface area contributed by atoms with E-state index in [1.807, 2.05) is 25.1 Å². The van der Waals surface area contributed by atoms with Gasteiger partial charge in [0.05, 0.1) is 17.6 Å². The highest BCUT2D eigenvalue weighted by Crippen LogP contribution is 2.35. The fourth-order valence-electron chi connectivity index (χ4n) is 4.59. The lowest BCUT2D eigenvalue weighted by Gasteiger charge is -2.14. The zero-order valence-electron chi connectivity index (χ0n) is 19.1. The second-order valence-corrected chi connectivity index (χ2v) is 8.74. The van der Waals surface area contributed by atoms with Crippen molar-refractivity contribution in [2.24, 2.45) is 5.92 Å². The molecule has 9 heteroatoms. The monoisotopic (exact) mass is 479 g/mol. The number of anilines is 1. The van der Waals surface area contributed by atoms with Gasteiger partial charge in [0, 0.05) is 28.9 Å². The molecule has 0 radical (unpaired) electrons. The number of pyridine rings is 1. The van der Waals surface area contributed by atoms with Crippen LogP contribution in [-0.2, 0) is 17.4 Å². The summed E-state index contributed by atoms with van der Waals surface area (Å²) >= 11 is 0. The average Bonchev–Trinajstić information content (AvgIpc) is 3.53. The maximum atomic E-state index is 13.4. The highest BCUT2D eigenvalue weighted by Gasteiger charge is 2.35. The maximum Gasteiger partial charge on any atom is 0.434 e. The minimum Gasteiger partial charge on any atom is -0.326 e. The van der Waals surface area contributed by atoms with Gasteiger partial charge >= 0.3 is 6.18 Å². The van der Waals surface area contributed by atoms with Crippen molar-refractivity contribution >= 4 is 17.2 Å². The molecule has 1 saturated carbocycles. The molecule has 0 aliphatic heterocycles. The van der Waals surface area contributed by atoms with E-state index < -0.39 is 11.9 Å². The van der Waals surface area contributed by atoms with Gasteiger partial charge in [0.25, 0.3) is 0 Å². The molecule has 0 spiro atoms. The van der Waals surface area contributed by atoms with Crippen LogP contribution in [0.4, 0.5) is 18.9 Å². The molecule has 180 valence electrons. The summed E-state index contributed by atoms with van der Waals surface area (Å²) < 4.78 is 41.7. The first-order valence-electron chi connectivity index (χ1n) is 11.7. The molecule has 4 aromatic rings. The van der Waals surface area contributed by atoms with Gasteiger partial charge in [-0.2, -0.15) is 18.3 Å². The van der Waals surface area contributed by atoms with Crippen LogP contribution in [0.5, 0.6) is 0 Å². The van der Waals surface area contributed by atoms with Crippen LogP contribution in [0.25, 0.3) is 28.2 Å². The third-order valence-corrected chi connectivity index (χ3v) is 6.44. The Morgan fingerprint density at radius 3 is 2.66 bits per heavy atom. The summed E-state index contributed by atoms with van der Waals surface area (Å²) in [6.45, 7) is 2.03. The average molecular weight is 480 g/mol. The van der Waals surface area contributed by atoms with Crippen LogP contribution in [0.2, 0.25) is 0 Å². The van der Waals surface area contributed by atoms with E-state index in [4.69, 9.17) is 0 Å². The maximum absolute atomic E-state index is 13.4. The minimum atomic E-state index is -4.59. The molecule has 3 aromatic heterocycles. The first-order chi connectivity index (χ1) is 16.8. The number of benzene rings is 1. The molecule has 5 rings (SSSR count). The first-order valence-corrected chi connectivity index (χ1v) is 11.7. The van der Waals surface area contributed by atoms with Crippen molar-refractivity contribution in [3.05, 3.63) is 66.1 Å². The van der Waals surface area contributed by atoms with Gasteiger partial charge < -0.3 is 5.32 Å². The molecule has 6 nitrogen and oxygen atoms in total. The molecule has 1 fully saturated rings. The molecule has 3 heterocycles. The molecule has 1 aliphatic carbocycles. The van der Waals surface area contributed by atoms with Crippen molar-refractivity contribution in [1.29, 1.82) is 0 Å². The molecule has 1 amide bonds. The topological polar surface area (TPSA) is 72.2 Å². The van der Waals surface area contributed by atoms with Gasteiger partial charge in [0.1, 0.15) is 0 Å². The normalized spacial score (nSPS) is 14.5. The molecule has 1 N–H and O–H groups in total. The highest BCUT2D eigenvalue weighted by molar-refractivity contribution is 5.94. The number of amides is 1. The van der Waals surface area contributed by atoms with Crippen molar-refractivity contribution in [3.63, 3.8) is 0 Å². The summed E-state index contributed by atoms with van der Waals surface area (Å²) in [5, 5.41) is 7.46. The lowest BCUT2D eigenvalue weighted by atomic mass is 10.0. The second-order valence-electron chi connectivity index (χ2n) is 8.74. The predicted molar refractivity (Wildman–Crippen MR) is 127 cm³/mol. The number of carbonyl (C=O) groups is 1. The van der Waals surface area contributed by atoms with Gasteiger partial charge in [-0.15, -0.1) is 0 Å². The summed E-state index contributed by atoms with van der Waals surface area (Å²) in [5.74, 6) is 0.0999. The molecule has 0 unspecified atom stereocenters. The zero-order valence-corrected chi connectivity index (χ0v) is 19.1. The van der Waals surface area contributed by atoms with Crippen LogP contribution in [0.15, 0.2) is 54.9 Å². The predicted octanol–water partition coefficient (Wildman–Crippen LogP) is 6.17. The standard InChI is InChI=1S/C26H24F3N5O/c1-2-16-9-10-18(14-21(16)32-25(35)17-6-3-4-7-17)22-15-34-23(31-22)12-11-20(33-34)19-8-5-13-30-24(19)26(27,28)29/h5,8-15,17H,2-4,6-7H2,1H3,(H,32,35). The number of carbonyl (C=O) groups excluding carboxylic acids is 1. The Hall–Kier alpha value is -3.75. The van der Waals surface area contributed by atoms with E-state index in [1.54, 1.807) is 12.3 Å². The summed E-state index contributed by atoms with van der Waals surface area (Å²) in [5.41, 5.74) is 2.75. The van der Waals surface area contributed by atoms with Gasteiger partial charge in [-0.1, -0.05) is 31.9 Å². The molecule has 35 heavy (non-hydrogen) atoms. The van der Waals surface area contributed by atoms with Gasteiger partial charge in [-0.25, -0.2) is 9.50 Å². The van der Waals surface area contributed by atoms with Crippen molar-refractivity contribution in [3.8, 4) is 22.5 Å². The Bertz CT molecular complexity index is 1390. The molecule has 1 aromatic carbocycles. The van der Waals surface area contributed by atoms with Crippen molar-refractivity contribution < 1.29 is 18.0 Å².